The molecule has 2 aromatic carbocycles. The number of benzene rings is 2. The maximum absolute atomic E-state index is 13.8. The molecular formula is C14H8ClFN2O2. The van der Waals surface area contributed by atoms with Gasteiger partial charge in [-0.15, -0.1) is 0 Å². The Bertz CT molecular complexity index is 773. The van der Waals surface area contributed by atoms with Gasteiger partial charge < -0.3 is 9.63 Å². The van der Waals surface area contributed by atoms with E-state index in [-0.39, 0.29) is 23.0 Å². The van der Waals surface area contributed by atoms with E-state index >= 15 is 0 Å². The third kappa shape index (κ3) is 2.35. The van der Waals surface area contributed by atoms with E-state index in [9.17, 15) is 9.50 Å². The molecule has 0 aliphatic heterocycles. The largest absolute Gasteiger partial charge is 0.508 e. The Morgan fingerprint density at radius 2 is 2.00 bits per heavy atom. The summed E-state index contributed by atoms with van der Waals surface area (Å²) in [5, 5.41) is 13.5. The van der Waals surface area contributed by atoms with E-state index in [1.54, 1.807) is 12.1 Å². The van der Waals surface area contributed by atoms with E-state index < -0.39 is 5.82 Å². The van der Waals surface area contributed by atoms with Gasteiger partial charge in [-0.2, -0.15) is 4.98 Å². The first-order valence-corrected chi connectivity index (χ1v) is 6.10. The van der Waals surface area contributed by atoms with Crippen molar-refractivity contribution < 1.29 is 14.0 Å². The van der Waals surface area contributed by atoms with Gasteiger partial charge in [0.05, 0.1) is 5.56 Å². The SMILES string of the molecule is Oc1cccc(-c2noc(-c3ccc(Cl)cc3F)n2)c1. The second kappa shape index (κ2) is 4.94. The third-order valence-electron chi connectivity index (χ3n) is 2.69. The zero-order chi connectivity index (χ0) is 14.1. The second-order valence-corrected chi connectivity index (χ2v) is 4.53. The Morgan fingerprint density at radius 1 is 1.15 bits per heavy atom. The lowest BCUT2D eigenvalue weighted by Gasteiger charge is -1.97. The predicted molar refractivity (Wildman–Crippen MR) is 71.8 cm³/mol. The molecule has 0 fully saturated rings. The first-order valence-electron chi connectivity index (χ1n) is 5.72. The highest BCUT2D eigenvalue weighted by molar-refractivity contribution is 6.30. The highest BCUT2D eigenvalue weighted by Gasteiger charge is 2.14. The molecule has 3 aromatic rings. The molecule has 6 heteroatoms. The second-order valence-electron chi connectivity index (χ2n) is 4.10. The van der Waals surface area contributed by atoms with Crippen LogP contribution in [0.4, 0.5) is 4.39 Å². The number of phenols is 1. The van der Waals surface area contributed by atoms with Crippen molar-refractivity contribution in [3.63, 3.8) is 0 Å². The van der Waals surface area contributed by atoms with E-state index in [1.807, 2.05) is 0 Å². The molecule has 0 saturated carbocycles. The molecule has 1 N–H and O–H groups in total. The van der Waals surface area contributed by atoms with Crippen LogP contribution in [0.2, 0.25) is 5.02 Å². The van der Waals surface area contributed by atoms with E-state index in [0.29, 0.717) is 10.6 Å². The molecule has 0 radical (unpaired) electrons. The molecule has 0 aliphatic carbocycles. The van der Waals surface area contributed by atoms with Crippen LogP contribution in [0.1, 0.15) is 0 Å². The molecule has 0 unspecified atom stereocenters. The summed E-state index contributed by atoms with van der Waals surface area (Å²) in [5.41, 5.74) is 0.752. The third-order valence-corrected chi connectivity index (χ3v) is 2.93. The van der Waals surface area contributed by atoms with Crippen LogP contribution in [0.15, 0.2) is 47.0 Å². The molecule has 0 saturated heterocycles. The van der Waals surface area contributed by atoms with Crippen LogP contribution < -0.4 is 0 Å². The highest BCUT2D eigenvalue weighted by Crippen LogP contribution is 2.27. The number of rotatable bonds is 2. The van der Waals surface area contributed by atoms with Crippen molar-refractivity contribution in [1.82, 2.24) is 10.1 Å². The molecule has 0 spiro atoms. The van der Waals surface area contributed by atoms with Gasteiger partial charge in [0.25, 0.3) is 5.89 Å². The summed E-state index contributed by atoms with van der Waals surface area (Å²) in [7, 11) is 0. The molecule has 0 bridgehead atoms. The van der Waals surface area contributed by atoms with Crippen molar-refractivity contribution in [3.05, 3.63) is 53.3 Å². The fourth-order valence-electron chi connectivity index (χ4n) is 1.76. The zero-order valence-corrected chi connectivity index (χ0v) is 10.8. The topological polar surface area (TPSA) is 59.2 Å². The van der Waals surface area contributed by atoms with Crippen LogP contribution in [0.5, 0.6) is 5.75 Å². The number of hydrogen-bond acceptors (Lipinski definition) is 4. The minimum atomic E-state index is -0.538. The van der Waals surface area contributed by atoms with Crippen molar-refractivity contribution >= 4 is 11.6 Å². The number of aromatic hydroxyl groups is 1. The first-order chi connectivity index (χ1) is 9.63. The summed E-state index contributed by atoms with van der Waals surface area (Å²) < 4.78 is 18.8. The van der Waals surface area contributed by atoms with Gasteiger partial charge in [0.1, 0.15) is 11.6 Å². The first kappa shape index (κ1) is 12.6. The van der Waals surface area contributed by atoms with Crippen LogP contribution in [0, 0.1) is 5.82 Å². The summed E-state index contributed by atoms with van der Waals surface area (Å²) in [6, 6.07) is 10.6. The van der Waals surface area contributed by atoms with E-state index in [0.717, 1.165) is 0 Å². The normalized spacial score (nSPS) is 10.7. The smallest absolute Gasteiger partial charge is 0.261 e. The van der Waals surface area contributed by atoms with Crippen molar-refractivity contribution in [2.45, 2.75) is 0 Å². The molecule has 0 aliphatic rings. The maximum Gasteiger partial charge on any atom is 0.261 e. The van der Waals surface area contributed by atoms with Gasteiger partial charge >= 0.3 is 0 Å². The van der Waals surface area contributed by atoms with Gasteiger partial charge in [0, 0.05) is 10.6 Å². The van der Waals surface area contributed by atoms with Gasteiger partial charge in [-0.1, -0.05) is 28.9 Å². The summed E-state index contributed by atoms with van der Waals surface area (Å²) in [6.07, 6.45) is 0. The minimum Gasteiger partial charge on any atom is -0.508 e. The number of phenolic OH excluding ortho intramolecular Hbond substituents is 1. The molecule has 3 rings (SSSR count). The number of nitrogens with zero attached hydrogens (tertiary/aromatic N) is 2. The Morgan fingerprint density at radius 3 is 2.75 bits per heavy atom. The van der Waals surface area contributed by atoms with Crippen LogP contribution >= 0.6 is 11.6 Å². The van der Waals surface area contributed by atoms with E-state index in [4.69, 9.17) is 16.1 Å². The molecule has 0 amide bonds. The number of hydrogen-bond donors (Lipinski definition) is 1. The van der Waals surface area contributed by atoms with E-state index in [1.165, 1.54) is 30.3 Å². The van der Waals surface area contributed by atoms with Crippen molar-refractivity contribution in [2.24, 2.45) is 0 Å². The van der Waals surface area contributed by atoms with Gasteiger partial charge in [-0.05, 0) is 30.3 Å². The zero-order valence-electron chi connectivity index (χ0n) is 10.0. The van der Waals surface area contributed by atoms with Crippen molar-refractivity contribution in [3.8, 4) is 28.6 Å². The lowest BCUT2D eigenvalue weighted by molar-refractivity contribution is 0.429. The fraction of sp³-hybridized carbons (Fsp3) is 0. The summed E-state index contributed by atoms with van der Waals surface area (Å²) in [4.78, 5) is 4.11. The average Bonchev–Trinajstić information content (AvgIpc) is 2.88. The van der Waals surface area contributed by atoms with Crippen LogP contribution in [-0.4, -0.2) is 15.2 Å². The lowest BCUT2D eigenvalue weighted by atomic mass is 10.2. The number of aromatic nitrogens is 2. The molecule has 20 heavy (non-hydrogen) atoms. The van der Waals surface area contributed by atoms with Crippen LogP contribution in [0.3, 0.4) is 0 Å². The molecule has 1 heterocycles. The van der Waals surface area contributed by atoms with Crippen molar-refractivity contribution in [2.75, 3.05) is 0 Å². The quantitative estimate of drug-likeness (QED) is 0.777. The van der Waals surface area contributed by atoms with Crippen LogP contribution in [0.25, 0.3) is 22.8 Å². The van der Waals surface area contributed by atoms with Gasteiger partial charge in [-0.3, -0.25) is 0 Å². The van der Waals surface area contributed by atoms with Crippen LogP contribution in [-0.2, 0) is 0 Å². The molecule has 0 atom stereocenters. The Kier molecular flexibility index (Phi) is 3.12. The van der Waals surface area contributed by atoms with E-state index in [2.05, 4.69) is 10.1 Å². The fourth-order valence-corrected chi connectivity index (χ4v) is 1.92. The van der Waals surface area contributed by atoms with Gasteiger partial charge in [0.2, 0.25) is 5.82 Å². The predicted octanol–water partition coefficient (Wildman–Crippen LogP) is 3.90. The lowest BCUT2D eigenvalue weighted by Crippen LogP contribution is -1.85. The Labute approximate surface area is 118 Å². The minimum absolute atomic E-state index is 0.0532. The highest BCUT2D eigenvalue weighted by atomic mass is 35.5. The summed E-state index contributed by atoms with van der Waals surface area (Å²) in [5.74, 6) is -0.127. The molecular weight excluding hydrogens is 283 g/mol. The summed E-state index contributed by atoms with van der Waals surface area (Å²) in [6.45, 7) is 0. The molecule has 4 nitrogen and oxygen atoms in total. The standard InChI is InChI=1S/C14H8ClFN2O2/c15-9-4-5-11(12(16)7-9)14-17-13(18-20-14)8-2-1-3-10(19)6-8/h1-7,19H. The maximum atomic E-state index is 13.8. The number of halogens is 2. The average molecular weight is 291 g/mol. The van der Waals surface area contributed by atoms with Gasteiger partial charge in [-0.25, -0.2) is 4.39 Å². The van der Waals surface area contributed by atoms with Gasteiger partial charge in [0.15, 0.2) is 0 Å². The molecule has 100 valence electrons. The van der Waals surface area contributed by atoms with Crippen molar-refractivity contribution in [1.29, 1.82) is 0 Å². The Hall–Kier alpha value is -2.40. The summed E-state index contributed by atoms with van der Waals surface area (Å²) >= 11 is 5.69. The monoisotopic (exact) mass is 290 g/mol. The molecule has 1 aromatic heterocycles. The Balaban J connectivity index is 2.02.